The average molecular weight is 333 g/mol. The van der Waals surface area contributed by atoms with Gasteiger partial charge >= 0.3 is 0 Å². The number of hydrogen-bond donors (Lipinski definition) is 1. The molecule has 0 aromatic carbocycles. The van der Waals surface area contributed by atoms with E-state index in [0.717, 1.165) is 57.0 Å². The Kier molecular flexibility index (Phi) is 5.18. The Bertz CT molecular complexity index is 580. The Morgan fingerprint density at radius 2 is 2.00 bits per heavy atom. The van der Waals surface area contributed by atoms with Gasteiger partial charge in [-0.15, -0.1) is 0 Å². The number of nitrogens with zero attached hydrogens (tertiary/aromatic N) is 5. The minimum atomic E-state index is -0.130. The van der Waals surface area contributed by atoms with Crippen molar-refractivity contribution in [1.82, 2.24) is 14.9 Å². The monoisotopic (exact) mass is 333 g/mol. The number of rotatable bonds is 4. The molecule has 0 bridgehead atoms. The number of likely N-dealkylation sites (N-methyl/N-ethyl adjacent to an activating group) is 1. The lowest BCUT2D eigenvalue weighted by Crippen LogP contribution is -2.43. The number of aliphatic hydroxyl groups is 1. The van der Waals surface area contributed by atoms with Crippen LogP contribution >= 0.6 is 0 Å². The Labute approximate surface area is 143 Å². The first-order valence-electron chi connectivity index (χ1n) is 8.76. The fourth-order valence-corrected chi connectivity index (χ4v) is 3.69. The molecular formula is C17H27N5O2. The van der Waals surface area contributed by atoms with Crippen molar-refractivity contribution in [3.63, 3.8) is 0 Å². The molecule has 2 atom stereocenters. The highest BCUT2D eigenvalue weighted by atomic mass is 16.3. The molecule has 2 unspecified atom stereocenters. The van der Waals surface area contributed by atoms with Gasteiger partial charge < -0.3 is 19.8 Å². The van der Waals surface area contributed by atoms with Crippen LogP contribution in [-0.4, -0.2) is 72.3 Å². The molecule has 1 amide bonds. The zero-order chi connectivity index (χ0) is 17.1. The van der Waals surface area contributed by atoms with E-state index in [0.29, 0.717) is 5.92 Å². The molecule has 7 heteroatoms. The minimum Gasteiger partial charge on any atom is -0.396 e. The highest BCUT2D eigenvalue weighted by molar-refractivity contribution is 5.85. The van der Waals surface area contributed by atoms with Crippen LogP contribution in [0.2, 0.25) is 0 Å². The van der Waals surface area contributed by atoms with Crippen molar-refractivity contribution in [1.29, 1.82) is 0 Å². The molecule has 24 heavy (non-hydrogen) atoms. The Morgan fingerprint density at radius 1 is 1.25 bits per heavy atom. The molecule has 3 rings (SSSR count). The summed E-state index contributed by atoms with van der Waals surface area (Å²) < 4.78 is 0. The van der Waals surface area contributed by atoms with Gasteiger partial charge in [0.25, 0.3) is 0 Å². The summed E-state index contributed by atoms with van der Waals surface area (Å²) in [6, 6.07) is 1.86. The van der Waals surface area contributed by atoms with Crippen LogP contribution in [0.1, 0.15) is 25.7 Å². The van der Waals surface area contributed by atoms with Crippen LogP contribution in [0.3, 0.4) is 0 Å². The molecule has 0 saturated carbocycles. The van der Waals surface area contributed by atoms with Crippen LogP contribution in [0.4, 0.5) is 11.6 Å². The standard InChI is InChI=1S/C17H27N5O2/c1-20(2)17(24)14-6-4-8-22(14)16-9-15(18-12-19-16)21-7-3-5-13(10-21)11-23/h9,12-14,23H,3-8,10-11H2,1-2H3. The predicted octanol–water partition coefficient (Wildman–Crippen LogP) is 0.742. The van der Waals surface area contributed by atoms with Gasteiger partial charge in [-0.25, -0.2) is 9.97 Å². The summed E-state index contributed by atoms with van der Waals surface area (Å²) in [7, 11) is 3.60. The second-order valence-electron chi connectivity index (χ2n) is 6.96. The Hall–Kier alpha value is -1.89. The van der Waals surface area contributed by atoms with Crippen molar-refractivity contribution >= 4 is 17.5 Å². The van der Waals surface area contributed by atoms with Crippen LogP contribution in [-0.2, 0) is 4.79 Å². The van der Waals surface area contributed by atoms with Crippen molar-refractivity contribution in [2.24, 2.45) is 5.92 Å². The summed E-state index contributed by atoms with van der Waals surface area (Å²) in [4.78, 5) is 27.2. The van der Waals surface area contributed by atoms with E-state index < -0.39 is 0 Å². The minimum absolute atomic E-state index is 0.130. The molecule has 0 aliphatic carbocycles. The largest absolute Gasteiger partial charge is 0.396 e. The fourth-order valence-electron chi connectivity index (χ4n) is 3.69. The van der Waals surface area contributed by atoms with Crippen molar-refractivity contribution in [2.45, 2.75) is 31.7 Å². The highest BCUT2D eigenvalue weighted by Gasteiger charge is 2.33. The van der Waals surface area contributed by atoms with Gasteiger partial charge in [0, 0.05) is 46.4 Å². The van der Waals surface area contributed by atoms with Gasteiger partial charge in [0.05, 0.1) is 0 Å². The molecule has 132 valence electrons. The van der Waals surface area contributed by atoms with Gasteiger partial charge in [0.1, 0.15) is 24.0 Å². The zero-order valence-electron chi connectivity index (χ0n) is 14.6. The van der Waals surface area contributed by atoms with E-state index in [1.54, 1.807) is 25.3 Å². The normalized spacial score (nSPS) is 24.3. The number of aromatic nitrogens is 2. The third-order valence-corrected chi connectivity index (χ3v) is 5.01. The second kappa shape index (κ2) is 7.34. The smallest absolute Gasteiger partial charge is 0.244 e. The number of piperidine rings is 1. The molecule has 1 aromatic rings. The first kappa shape index (κ1) is 17.0. The van der Waals surface area contributed by atoms with Crippen LogP contribution < -0.4 is 9.80 Å². The third kappa shape index (κ3) is 3.45. The molecule has 2 fully saturated rings. The summed E-state index contributed by atoms with van der Waals surface area (Å²) in [6.45, 7) is 2.85. The number of aliphatic hydroxyl groups excluding tert-OH is 1. The lowest BCUT2D eigenvalue weighted by atomic mass is 9.99. The van der Waals surface area contributed by atoms with E-state index in [1.807, 2.05) is 6.07 Å². The molecular weight excluding hydrogens is 306 g/mol. The summed E-state index contributed by atoms with van der Waals surface area (Å²) in [5.41, 5.74) is 0. The predicted molar refractivity (Wildman–Crippen MR) is 93.1 cm³/mol. The highest BCUT2D eigenvalue weighted by Crippen LogP contribution is 2.28. The molecule has 2 aliphatic heterocycles. The maximum Gasteiger partial charge on any atom is 0.244 e. The average Bonchev–Trinajstić information content (AvgIpc) is 3.10. The van der Waals surface area contributed by atoms with E-state index in [9.17, 15) is 9.90 Å². The van der Waals surface area contributed by atoms with Gasteiger partial charge in [-0.2, -0.15) is 0 Å². The third-order valence-electron chi connectivity index (χ3n) is 5.01. The second-order valence-corrected chi connectivity index (χ2v) is 6.96. The Morgan fingerprint density at radius 3 is 2.75 bits per heavy atom. The van der Waals surface area contributed by atoms with Crippen molar-refractivity contribution in [2.75, 3.05) is 50.1 Å². The zero-order valence-corrected chi connectivity index (χ0v) is 14.6. The number of amides is 1. The quantitative estimate of drug-likeness (QED) is 0.876. The first-order valence-corrected chi connectivity index (χ1v) is 8.76. The summed E-state index contributed by atoms with van der Waals surface area (Å²) >= 11 is 0. The van der Waals surface area contributed by atoms with E-state index in [1.165, 1.54) is 0 Å². The van der Waals surface area contributed by atoms with Gasteiger partial charge in [-0.1, -0.05) is 0 Å². The molecule has 1 aromatic heterocycles. The topological polar surface area (TPSA) is 72.8 Å². The van der Waals surface area contributed by atoms with E-state index >= 15 is 0 Å². The number of anilines is 2. The maximum absolute atomic E-state index is 12.4. The summed E-state index contributed by atoms with van der Waals surface area (Å²) in [6.07, 6.45) is 5.59. The van der Waals surface area contributed by atoms with Crippen LogP contribution in [0.25, 0.3) is 0 Å². The molecule has 1 N–H and O–H groups in total. The van der Waals surface area contributed by atoms with E-state index in [2.05, 4.69) is 19.8 Å². The lowest BCUT2D eigenvalue weighted by molar-refractivity contribution is -0.129. The number of carbonyl (C=O) groups excluding carboxylic acids is 1. The van der Waals surface area contributed by atoms with E-state index in [4.69, 9.17) is 0 Å². The molecule has 7 nitrogen and oxygen atoms in total. The molecule has 3 heterocycles. The molecule has 0 spiro atoms. The first-order chi connectivity index (χ1) is 11.6. The van der Waals surface area contributed by atoms with Crippen LogP contribution in [0, 0.1) is 5.92 Å². The SMILES string of the molecule is CN(C)C(=O)C1CCCN1c1cc(N2CCCC(CO)C2)ncn1. The molecule has 0 radical (unpaired) electrons. The van der Waals surface area contributed by atoms with Crippen molar-refractivity contribution < 1.29 is 9.90 Å². The van der Waals surface area contributed by atoms with Gasteiger partial charge in [0.15, 0.2) is 0 Å². The summed E-state index contributed by atoms with van der Waals surface area (Å²) in [5, 5.41) is 9.42. The Balaban J connectivity index is 1.78. The molecule has 2 saturated heterocycles. The van der Waals surface area contributed by atoms with Crippen molar-refractivity contribution in [3.8, 4) is 0 Å². The lowest BCUT2D eigenvalue weighted by Gasteiger charge is -2.33. The molecule has 2 aliphatic rings. The van der Waals surface area contributed by atoms with Crippen molar-refractivity contribution in [3.05, 3.63) is 12.4 Å². The fraction of sp³-hybridized carbons (Fsp3) is 0.706. The van der Waals surface area contributed by atoms with Gasteiger partial charge in [-0.05, 0) is 31.6 Å². The van der Waals surface area contributed by atoms with Crippen LogP contribution in [0.15, 0.2) is 12.4 Å². The van der Waals surface area contributed by atoms with Crippen LogP contribution in [0.5, 0.6) is 0 Å². The number of carbonyl (C=O) groups is 1. The van der Waals surface area contributed by atoms with Gasteiger partial charge in [-0.3, -0.25) is 4.79 Å². The van der Waals surface area contributed by atoms with E-state index in [-0.39, 0.29) is 18.6 Å². The number of hydrogen-bond acceptors (Lipinski definition) is 6. The maximum atomic E-state index is 12.4. The summed E-state index contributed by atoms with van der Waals surface area (Å²) in [5.74, 6) is 2.16. The van der Waals surface area contributed by atoms with Gasteiger partial charge in [0.2, 0.25) is 5.91 Å².